The van der Waals surface area contributed by atoms with Gasteiger partial charge >= 0.3 is 0 Å². The number of amides is 2. The van der Waals surface area contributed by atoms with Gasteiger partial charge < -0.3 is 15.0 Å². The number of sulfone groups is 1. The highest BCUT2D eigenvalue weighted by molar-refractivity contribution is 7.91. The van der Waals surface area contributed by atoms with Gasteiger partial charge in [0.2, 0.25) is 11.8 Å². The van der Waals surface area contributed by atoms with Crippen molar-refractivity contribution in [2.45, 2.75) is 44.6 Å². The van der Waals surface area contributed by atoms with Crippen LogP contribution < -0.4 is 15.0 Å². The molecule has 8 heteroatoms. The lowest BCUT2D eigenvalue weighted by Gasteiger charge is -2.20. The summed E-state index contributed by atoms with van der Waals surface area (Å²) in [6.07, 6.45) is 0.433. The first-order valence-electron chi connectivity index (χ1n) is 9.90. The molecule has 0 fully saturated rings. The van der Waals surface area contributed by atoms with Crippen LogP contribution in [-0.2, 0) is 25.8 Å². The van der Waals surface area contributed by atoms with Gasteiger partial charge in [0.25, 0.3) is 0 Å². The van der Waals surface area contributed by atoms with E-state index in [0.29, 0.717) is 24.5 Å². The highest BCUT2D eigenvalue weighted by atomic mass is 32.2. The summed E-state index contributed by atoms with van der Waals surface area (Å²) in [4.78, 5) is 26.0. The van der Waals surface area contributed by atoms with Gasteiger partial charge in [0.05, 0.1) is 22.9 Å². The maximum Gasteiger partial charge on any atom is 0.225 e. The summed E-state index contributed by atoms with van der Waals surface area (Å²) in [7, 11) is -3.64. The molecule has 0 radical (unpaired) electrons. The van der Waals surface area contributed by atoms with Crippen molar-refractivity contribution >= 4 is 33.0 Å². The number of carbonyl (C=O) groups excluding carboxylic acids is 2. The minimum atomic E-state index is -3.64. The minimum Gasteiger partial charge on any atom is -0.492 e. The van der Waals surface area contributed by atoms with E-state index in [0.717, 1.165) is 11.3 Å². The van der Waals surface area contributed by atoms with Crippen LogP contribution in [-0.4, -0.2) is 38.6 Å². The van der Waals surface area contributed by atoms with Crippen LogP contribution in [0.15, 0.2) is 47.4 Å². The van der Waals surface area contributed by atoms with E-state index in [1.54, 1.807) is 41.3 Å². The fourth-order valence-corrected chi connectivity index (χ4v) is 4.98. The summed E-state index contributed by atoms with van der Waals surface area (Å²) in [5.41, 5.74) is 2.09. The predicted molar refractivity (Wildman–Crippen MR) is 116 cm³/mol. The van der Waals surface area contributed by atoms with Crippen LogP contribution in [0.3, 0.4) is 0 Å². The summed E-state index contributed by atoms with van der Waals surface area (Å²) in [5.74, 6) is -0.233. The average molecular weight is 431 g/mol. The summed E-state index contributed by atoms with van der Waals surface area (Å²) in [6.45, 7) is 5.73. The lowest BCUT2D eigenvalue weighted by Crippen LogP contribution is -2.33. The van der Waals surface area contributed by atoms with Crippen LogP contribution in [0.1, 0.15) is 32.8 Å². The van der Waals surface area contributed by atoms with Gasteiger partial charge in [-0.2, -0.15) is 0 Å². The number of carbonyl (C=O) groups is 2. The van der Waals surface area contributed by atoms with E-state index in [-0.39, 0.29) is 29.0 Å². The first-order chi connectivity index (χ1) is 14.2. The monoisotopic (exact) mass is 430 g/mol. The first kappa shape index (κ1) is 21.8. The molecule has 0 saturated heterocycles. The third-order valence-corrected chi connectivity index (χ3v) is 6.74. The Kier molecular flexibility index (Phi) is 6.45. The zero-order valence-electron chi connectivity index (χ0n) is 17.3. The van der Waals surface area contributed by atoms with Gasteiger partial charge in [0.15, 0.2) is 9.84 Å². The van der Waals surface area contributed by atoms with E-state index in [2.05, 4.69) is 5.32 Å². The maximum atomic E-state index is 12.8. The molecule has 2 amide bonds. The highest BCUT2D eigenvalue weighted by Gasteiger charge is 2.30. The Morgan fingerprint density at radius 2 is 1.93 bits per heavy atom. The number of anilines is 2. The molecule has 0 unspecified atom stereocenters. The Hall–Kier alpha value is -2.87. The van der Waals surface area contributed by atoms with Gasteiger partial charge in [0, 0.05) is 25.1 Å². The van der Waals surface area contributed by atoms with E-state index < -0.39 is 15.7 Å². The fraction of sp³-hybridized carbons (Fsp3) is 0.364. The standard InChI is InChI=1S/C22H26N2O5S/c1-4-29-21-8-6-5-7-19(21)23-22(26)11-12-30(27,28)18-9-10-20-17(14-18)13-15(2)24(20)16(3)25/h5-10,14-15H,4,11-13H2,1-3H3,(H,23,26)/t15-/m1/s1. The van der Waals surface area contributed by atoms with Crippen LogP contribution in [0, 0.1) is 0 Å². The molecule has 0 saturated carbocycles. The second kappa shape index (κ2) is 8.87. The van der Waals surface area contributed by atoms with Crippen molar-refractivity contribution in [2.75, 3.05) is 22.6 Å². The molecular formula is C22H26N2O5S. The quantitative estimate of drug-likeness (QED) is 0.728. The van der Waals surface area contributed by atoms with E-state index in [1.165, 1.54) is 13.0 Å². The molecule has 0 aromatic heterocycles. The zero-order valence-corrected chi connectivity index (χ0v) is 18.2. The molecule has 1 aliphatic rings. The van der Waals surface area contributed by atoms with Gasteiger partial charge in [-0.15, -0.1) is 0 Å². The van der Waals surface area contributed by atoms with Crippen LogP contribution in [0.2, 0.25) is 0 Å². The second-order valence-electron chi connectivity index (χ2n) is 7.28. The Labute approximate surface area is 177 Å². The molecule has 0 bridgehead atoms. The maximum absolute atomic E-state index is 12.8. The molecule has 3 rings (SSSR count). The lowest BCUT2D eigenvalue weighted by atomic mass is 10.1. The minimum absolute atomic E-state index is 0.00774. The molecule has 1 N–H and O–H groups in total. The fourth-order valence-electron chi connectivity index (χ4n) is 3.69. The van der Waals surface area contributed by atoms with Gasteiger partial charge in [-0.3, -0.25) is 9.59 Å². The largest absolute Gasteiger partial charge is 0.492 e. The highest BCUT2D eigenvalue weighted by Crippen LogP contribution is 2.34. The van der Waals surface area contributed by atoms with E-state index in [4.69, 9.17) is 4.74 Å². The van der Waals surface area contributed by atoms with Crippen molar-refractivity contribution in [1.82, 2.24) is 0 Å². The van der Waals surface area contributed by atoms with E-state index in [1.807, 2.05) is 13.8 Å². The number of benzene rings is 2. The summed E-state index contributed by atoms with van der Waals surface area (Å²) >= 11 is 0. The van der Waals surface area contributed by atoms with Crippen molar-refractivity contribution < 1.29 is 22.7 Å². The van der Waals surface area contributed by atoms with Crippen molar-refractivity contribution in [1.29, 1.82) is 0 Å². The number of ether oxygens (including phenoxy) is 1. The Balaban J connectivity index is 1.69. The van der Waals surface area contributed by atoms with E-state index in [9.17, 15) is 18.0 Å². The molecule has 0 spiro atoms. The van der Waals surface area contributed by atoms with Gasteiger partial charge in [0.1, 0.15) is 5.75 Å². The van der Waals surface area contributed by atoms with Gasteiger partial charge in [-0.1, -0.05) is 12.1 Å². The summed E-state index contributed by atoms with van der Waals surface area (Å²) in [6, 6.07) is 11.8. The number of nitrogens with one attached hydrogen (secondary N) is 1. The molecule has 7 nitrogen and oxygen atoms in total. The predicted octanol–water partition coefficient (Wildman–Crippen LogP) is 3.19. The second-order valence-corrected chi connectivity index (χ2v) is 9.39. The molecule has 30 heavy (non-hydrogen) atoms. The SMILES string of the molecule is CCOc1ccccc1NC(=O)CCS(=O)(=O)c1ccc2c(c1)C[C@@H](C)N2C(C)=O. The van der Waals surface area contributed by atoms with Crippen LogP contribution >= 0.6 is 0 Å². The van der Waals surface area contributed by atoms with Crippen LogP contribution in [0.5, 0.6) is 5.75 Å². The summed E-state index contributed by atoms with van der Waals surface area (Å²) in [5, 5.41) is 2.71. The van der Waals surface area contributed by atoms with Crippen LogP contribution in [0.4, 0.5) is 11.4 Å². The molecular weight excluding hydrogens is 404 g/mol. The molecule has 1 atom stereocenters. The number of rotatable bonds is 7. The van der Waals surface area contributed by atoms with Crippen molar-refractivity contribution in [2.24, 2.45) is 0 Å². The Morgan fingerprint density at radius 3 is 2.63 bits per heavy atom. The summed E-state index contributed by atoms with van der Waals surface area (Å²) < 4.78 is 31.0. The molecule has 2 aromatic rings. The third kappa shape index (κ3) is 4.64. The van der Waals surface area contributed by atoms with Crippen molar-refractivity contribution in [3.05, 3.63) is 48.0 Å². The number of nitrogens with zero attached hydrogens (tertiary/aromatic N) is 1. The first-order valence-corrected chi connectivity index (χ1v) is 11.6. The molecule has 160 valence electrons. The number of hydrogen-bond donors (Lipinski definition) is 1. The number of fused-ring (bicyclic) bond motifs is 1. The average Bonchev–Trinajstić information content (AvgIpc) is 3.03. The smallest absolute Gasteiger partial charge is 0.225 e. The van der Waals surface area contributed by atoms with Crippen LogP contribution in [0.25, 0.3) is 0 Å². The normalized spacial score (nSPS) is 15.6. The van der Waals surface area contributed by atoms with Gasteiger partial charge in [-0.05, 0) is 56.2 Å². The zero-order chi connectivity index (χ0) is 21.9. The molecule has 0 aliphatic carbocycles. The van der Waals surface area contributed by atoms with Crippen molar-refractivity contribution in [3.63, 3.8) is 0 Å². The van der Waals surface area contributed by atoms with Crippen molar-refractivity contribution in [3.8, 4) is 5.75 Å². The lowest BCUT2D eigenvalue weighted by molar-refractivity contribution is -0.117. The van der Waals surface area contributed by atoms with Gasteiger partial charge in [-0.25, -0.2) is 8.42 Å². The third-order valence-electron chi connectivity index (χ3n) is 5.02. The van der Waals surface area contributed by atoms with E-state index >= 15 is 0 Å². The number of para-hydroxylation sites is 2. The Morgan fingerprint density at radius 1 is 1.20 bits per heavy atom. The number of hydrogen-bond acceptors (Lipinski definition) is 5. The molecule has 1 heterocycles. The molecule has 1 aliphatic heterocycles. The Bertz CT molecular complexity index is 1060. The molecule has 2 aromatic carbocycles. The topological polar surface area (TPSA) is 92.8 Å².